The lowest BCUT2D eigenvalue weighted by Gasteiger charge is -2.17. The van der Waals surface area contributed by atoms with Gasteiger partial charge in [0.05, 0.1) is 7.11 Å². The van der Waals surface area contributed by atoms with Crippen molar-refractivity contribution >= 4 is 5.91 Å². The van der Waals surface area contributed by atoms with E-state index in [1.54, 1.807) is 13.2 Å². The van der Waals surface area contributed by atoms with Gasteiger partial charge in [-0.2, -0.15) is 0 Å². The predicted molar refractivity (Wildman–Crippen MR) is 90.7 cm³/mol. The van der Waals surface area contributed by atoms with Crippen molar-refractivity contribution in [3.63, 3.8) is 0 Å². The third kappa shape index (κ3) is 5.02. The summed E-state index contributed by atoms with van der Waals surface area (Å²) in [5, 5.41) is 2.93. The largest absolute Gasteiger partial charge is 0.497 e. The minimum atomic E-state index is -0.521. The summed E-state index contributed by atoms with van der Waals surface area (Å²) in [6.07, 6.45) is 0.0727. The lowest BCUT2D eigenvalue weighted by molar-refractivity contribution is -0.128. The molecule has 0 bridgehead atoms. The maximum atomic E-state index is 12.3. The SMILES string of the molecule is CC[C@@H](Oc1cccc(OC)c1)C(=O)NCc1cccc(C)c1. The molecule has 122 valence electrons. The van der Waals surface area contributed by atoms with Gasteiger partial charge in [-0.25, -0.2) is 0 Å². The normalized spacial score (nSPS) is 11.6. The highest BCUT2D eigenvalue weighted by atomic mass is 16.5. The van der Waals surface area contributed by atoms with Crippen molar-refractivity contribution in [2.24, 2.45) is 0 Å². The molecule has 4 heteroatoms. The van der Waals surface area contributed by atoms with Crippen molar-refractivity contribution in [1.82, 2.24) is 5.32 Å². The molecule has 0 aliphatic rings. The number of hydrogen-bond donors (Lipinski definition) is 1. The number of rotatable bonds is 7. The minimum Gasteiger partial charge on any atom is -0.497 e. The Hall–Kier alpha value is -2.49. The molecule has 0 aromatic heterocycles. The van der Waals surface area contributed by atoms with Crippen LogP contribution in [0.15, 0.2) is 48.5 Å². The molecule has 2 rings (SSSR count). The lowest BCUT2D eigenvalue weighted by atomic mass is 10.1. The molecule has 0 saturated carbocycles. The molecule has 0 saturated heterocycles. The summed E-state index contributed by atoms with van der Waals surface area (Å²) >= 11 is 0. The van der Waals surface area contributed by atoms with Crippen LogP contribution in [-0.4, -0.2) is 19.1 Å². The Balaban J connectivity index is 1.95. The van der Waals surface area contributed by atoms with Crippen LogP contribution in [0, 0.1) is 6.92 Å². The van der Waals surface area contributed by atoms with Crippen LogP contribution in [0.5, 0.6) is 11.5 Å². The second-order valence-electron chi connectivity index (χ2n) is 5.40. The molecule has 0 aliphatic heterocycles. The van der Waals surface area contributed by atoms with Gasteiger partial charge in [0.15, 0.2) is 6.10 Å². The number of methoxy groups -OCH3 is 1. The van der Waals surface area contributed by atoms with Crippen LogP contribution in [-0.2, 0) is 11.3 Å². The van der Waals surface area contributed by atoms with Crippen molar-refractivity contribution in [3.8, 4) is 11.5 Å². The summed E-state index contributed by atoms with van der Waals surface area (Å²) in [5.74, 6) is 1.22. The average Bonchev–Trinajstić information content (AvgIpc) is 2.58. The first-order valence-electron chi connectivity index (χ1n) is 7.76. The second kappa shape index (κ2) is 8.22. The summed E-state index contributed by atoms with van der Waals surface area (Å²) in [5.41, 5.74) is 2.26. The Morgan fingerprint density at radius 1 is 1.13 bits per heavy atom. The zero-order valence-electron chi connectivity index (χ0n) is 13.8. The molecule has 0 aliphatic carbocycles. The van der Waals surface area contributed by atoms with Gasteiger partial charge >= 0.3 is 0 Å². The second-order valence-corrected chi connectivity index (χ2v) is 5.40. The topological polar surface area (TPSA) is 47.6 Å². The maximum Gasteiger partial charge on any atom is 0.261 e. The summed E-state index contributed by atoms with van der Waals surface area (Å²) in [6.45, 7) is 4.46. The lowest BCUT2D eigenvalue weighted by Crippen LogP contribution is -2.37. The van der Waals surface area contributed by atoms with Crippen molar-refractivity contribution in [3.05, 3.63) is 59.7 Å². The molecule has 1 amide bonds. The smallest absolute Gasteiger partial charge is 0.261 e. The van der Waals surface area contributed by atoms with Crippen LogP contribution in [0.4, 0.5) is 0 Å². The van der Waals surface area contributed by atoms with Crippen LogP contribution in [0.3, 0.4) is 0 Å². The van der Waals surface area contributed by atoms with Crippen LogP contribution in [0.2, 0.25) is 0 Å². The molecule has 0 unspecified atom stereocenters. The molecule has 1 N–H and O–H groups in total. The fraction of sp³-hybridized carbons (Fsp3) is 0.316. The minimum absolute atomic E-state index is 0.114. The van der Waals surface area contributed by atoms with Crippen molar-refractivity contribution in [2.45, 2.75) is 32.9 Å². The maximum absolute atomic E-state index is 12.3. The number of carbonyl (C=O) groups is 1. The van der Waals surface area contributed by atoms with E-state index in [1.165, 1.54) is 5.56 Å². The molecule has 23 heavy (non-hydrogen) atoms. The van der Waals surface area contributed by atoms with Gasteiger partial charge in [0.25, 0.3) is 5.91 Å². The van der Waals surface area contributed by atoms with Crippen molar-refractivity contribution in [2.75, 3.05) is 7.11 Å². The van der Waals surface area contributed by atoms with E-state index in [9.17, 15) is 4.79 Å². The number of carbonyl (C=O) groups excluding carboxylic acids is 1. The average molecular weight is 313 g/mol. The molecular formula is C19H23NO3. The standard InChI is InChI=1S/C19H23NO3/c1-4-18(23-17-10-6-9-16(12-17)22-3)19(21)20-13-15-8-5-7-14(2)11-15/h5-12,18H,4,13H2,1-3H3,(H,20,21)/t18-/m1/s1. The predicted octanol–water partition coefficient (Wildman–Crippen LogP) is 3.48. The highest BCUT2D eigenvalue weighted by molar-refractivity contribution is 5.81. The van der Waals surface area contributed by atoms with Crippen LogP contribution in [0.1, 0.15) is 24.5 Å². The number of amides is 1. The van der Waals surface area contributed by atoms with Crippen molar-refractivity contribution in [1.29, 1.82) is 0 Å². The number of benzene rings is 2. The molecule has 4 nitrogen and oxygen atoms in total. The van der Waals surface area contributed by atoms with Gasteiger partial charge in [-0.1, -0.05) is 42.8 Å². The van der Waals surface area contributed by atoms with Gasteiger partial charge in [-0.05, 0) is 31.0 Å². The monoisotopic (exact) mass is 313 g/mol. The Kier molecular flexibility index (Phi) is 6.03. The highest BCUT2D eigenvalue weighted by Gasteiger charge is 2.18. The molecule has 0 spiro atoms. The Morgan fingerprint density at radius 3 is 2.57 bits per heavy atom. The van der Waals surface area contributed by atoms with Gasteiger partial charge in [-0.15, -0.1) is 0 Å². The first-order chi connectivity index (χ1) is 11.1. The molecule has 0 heterocycles. The quantitative estimate of drug-likeness (QED) is 0.851. The number of aryl methyl sites for hydroxylation is 1. The van der Waals surface area contributed by atoms with Crippen molar-refractivity contribution < 1.29 is 14.3 Å². The Morgan fingerprint density at radius 2 is 1.87 bits per heavy atom. The summed E-state index contributed by atoms with van der Waals surface area (Å²) in [7, 11) is 1.60. The van der Waals surface area contributed by atoms with Crippen LogP contribution >= 0.6 is 0 Å². The highest BCUT2D eigenvalue weighted by Crippen LogP contribution is 2.20. The van der Waals surface area contributed by atoms with E-state index in [1.807, 2.05) is 50.2 Å². The summed E-state index contributed by atoms with van der Waals surface area (Å²) < 4.78 is 11.0. The van der Waals surface area contributed by atoms with Gasteiger partial charge < -0.3 is 14.8 Å². The van der Waals surface area contributed by atoms with E-state index in [2.05, 4.69) is 11.4 Å². The zero-order valence-corrected chi connectivity index (χ0v) is 13.8. The fourth-order valence-corrected chi connectivity index (χ4v) is 2.29. The van der Waals surface area contributed by atoms with E-state index < -0.39 is 6.10 Å². The molecule has 2 aromatic rings. The first kappa shape index (κ1) is 16.9. The Bertz CT molecular complexity index is 655. The number of hydrogen-bond acceptors (Lipinski definition) is 3. The molecule has 1 atom stereocenters. The van der Waals surface area contributed by atoms with E-state index in [0.717, 1.165) is 5.56 Å². The third-order valence-corrected chi connectivity index (χ3v) is 3.53. The van der Waals surface area contributed by atoms with E-state index in [0.29, 0.717) is 24.5 Å². The first-order valence-corrected chi connectivity index (χ1v) is 7.76. The van der Waals surface area contributed by atoms with Gasteiger partial charge in [-0.3, -0.25) is 4.79 Å². The van der Waals surface area contributed by atoms with Gasteiger partial charge in [0.1, 0.15) is 11.5 Å². The summed E-state index contributed by atoms with van der Waals surface area (Å²) in [6, 6.07) is 15.3. The molecular weight excluding hydrogens is 290 g/mol. The van der Waals surface area contributed by atoms with E-state index in [4.69, 9.17) is 9.47 Å². The number of ether oxygens (including phenoxy) is 2. The Labute approximate surface area is 137 Å². The van der Waals surface area contributed by atoms with Gasteiger partial charge in [0, 0.05) is 12.6 Å². The number of nitrogens with one attached hydrogen (secondary N) is 1. The van der Waals surface area contributed by atoms with E-state index >= 15 is 0 Å². The molecule has 0 fully saturated rings. The zero-order chi connectivity index (χ0) is 16.7. The summed E-state index contributed by atoms with van der Waals surface area (Å²) in [4.78, 5) is 12.3. The van der Waals surface area contributed by atoms with E-state index in [-0.39, 0.29) is 5.91 Å². The van der Waals surface area contributed by atoms with Gasteiger partial charge in [0.2, 0.25) is 0 Å². The molecule has 2 aromatic carbocycles. The fourth-order valence-electron chi connectivity index (χ4n) is 2.29. The molecule has 0 radical (unpaired) electrons. The van der Waals surface area contributed by atoms with Crippen LogP contribution in [0.25, 0.3) is 0 Å². The third-order valence-electron chi connectivity index (χ3n) is 3.53. The van der Waals surface area contributed by atoms with Crippen LogP contribution < -0.4 is 14.8 Å².